The van der Waals surface area contributed by atoms with Crippen LogP contribution in [0.25, 0.3) is 22.6 Å². The lowest BCUT2D eigenvalue weighted by atomic mass is 9.87. The first-order valence-corrected chi connectivity index (χ1v) is 15.6. The van der Waals surface area contributed by atoms with Gasteiger partial charge in [-0.15, -0.1) is 0 Å². The highest BCUT2D eigenvalue weighted by Crippen LogP contribution is 2.33. The zero-order valence-corrected chi connectivity index (χ0v) is 25.9. The summed E-state index contributed by atoms with van der Waals surface area (Å²) in [5.41, 5.74) is 5.99. The fourth-order valence-electron chi connectivity index (χ4n) is 6.05. The lowest BCUT2D eigenvalue weighted by Gasteiger charge is -2.22. The number of rotatable bonds is 11. The first kappa shape index (κ1) is 30.8. The molecule has 0 bridgehead atoms. The largest absolute Gasteiger partial charge is 0.493 e. The van der Waals surface area contributed by atoms with Gasteiger partial charge in [0, 0.05) is 23.5 Å². The van der Waals surface area contributed by atoms with Crippen molar-refractivity contribution in [3.05, 3.63) is 131 Å². The zero-order chi connectivity index (χ0) is 32.0. The summed E-state index contributed by atoms with van der Waals surface area (Å²) in [4.78, 5) is 30.4. The number of amides is 1. The van der Waals surface area contributed by atoms with Crippen molar-refractivity contribution in [2.45, 2.75) is 44.7 Å². The third kappa shape index (κ3) is 6.87. The van der Waals surface area contributed by atoms with Crippen molar-refractivity contribution in [3.63, 3.8) is 0 Å². The maximum atomic E-state index is 13.7. The van der Waals surface area contributed by atoms with Crippen LogP contribution in [0.3, 0.4) is 0 Å². The van der Waals surface area contributed by atoms with Crippen LogP contribution >= 0.6 is 0 Å². The molecule has 1 fully saturated rings. The number of aromatic nitrogens is 1. The van der Waals surface area contributed by atoms with E-state index >= 15 is 0 Å². The van der Waals surface area contributed by atoms with Crippen molar-refractivity contribution in [2.24, 2.45) is 0 Å². The Morgan fingerprint density at radius 3 is 2.43 bits per heavy atom. The van der Waals surface area contributed by atoms with Crippen molar-refractivity contribution < 1.29 is 23.8 Å². The fourth-order valence-corrected chi connectivity index (χ4v) is 6.05. The summed E-state index contributed by atoms with van der Waals surface area (Å²) in [7, 11) is 0. The van der Waals surface area contributed by atoms with Crippen molar-refractivity contribution >= 4 is 11.9 Å². The number of carbonyl (C=O) groups excluding carboxylic acids is 1. The monoisotopic (exact) mass is 615 g/mol. The highest BCUT2D eigenvalue weighted by molar-refractivity contribution is 5.97. The average molecular weight is 616 g/mol. The topological polar surface area (TPSA) is 114 Å². The minimum Gasteiger partial charge on any atom is -0.493 e. The zero-order valence-electron chi connectivity index (χ0n) is 25.9. The summed E-state index contributed by atoms with van der Waals surface area (Å²) < 4.78 is 12.2. The smallest absolute Gasteiger partial charge is 0.321 e. The Labute approximate surface area is 268 Å². The SMILES string of the molecule is Cc1oc(-c2cccc(-c3ccccc3)c2)nc1CCOc1ccc(C2CCN[C@H]2C(=O)O)c(C(=O)NC(C)c2ccccc2)c1. The number of carboxylic acid groups (broad SMARTS) is 1. The Bertz CT molecular complexity index is 1820. The van der Waals surface area contributed by atoms with Gasteiger partial charge in [0.1, 0.15) is 17.6 Å². The average Bonchev–Trinajstić information content (AvgIpc) is 3.73. The van der Waals surface area contributed by atoms with Crippen molar-refractivity contribution in [1.82, 2.24) is 15.6 Å². The van der Waals surface area contributed by atoms with Crippen LogP contribution in [0, 0.1) is 6.92 Å². The number of nitrogens with zero attached hydrogens (tertiary/aromatic N) is 1. The molecule has 4 aromatic carbocycles. The van der Waals surface area contributed by atoms with Crippen LogP contribution < -0.4 is 15.4 Å². The highest BCUT2D eigenvalue weighted by Gasteiger charge is 2.36. The Morgan fingerprint density at radius 1 is 0.957 bits per heavy atom. The van der Waals surface area contributed by atoms with Gasteiger partial charge in [0.15, 0.2) is 0 Å². The van der Waals surface area contributed by atoms with Gasteiger partial charge in [-0.3, -0.25) is 9.59 Å². The first-order chi connectivity index (χ1) is 22.4. The lowest BCUT2D eigenvalue weighted by molar-refractivity contribution is -0.139. The molecule has 1 aliphatic rings. The van der Waals surface area contributed by atoms with E-state index in [0.29, 0.717) is 48.8 Å². The second-order valence-electron chi connectivity index (χ2n) is 11.6. The van der Waals surface area contributed by atoms with Crippen LogP contribution in [0.4, 0.5) is 0 Å². The van der Waals surface area contributed by atoms with E-state index in [4.69, 9.17) is 14.1 Å². The van der Waals surface area contributed by atoms with Gasteiger partial charge >= 0.3 is 5.97 Å². The first-order valence-electron chi connectivity index (χ1n) is 15.6. The fraction of sp³-hybridized carbons (Fsp3) is 0.237. The standard InChI is InChI=1S/C38H37N3O5/c1-24(26-10-5-3-6-11-26)40-36(42)33-23-30(16-17-31(33)32-18-20-39-35(32)38(43)44)45-21-19-34-25(2)46-37(41-34)29-15-9-14-28(22-29)27-12-7-4-8-13-27/h3-17,22-24,32,35,39H,18-21H2,1-2H3,(H,40,42)(H,43,44)/t24?,32?,35-/m1/s1. The Balaban J connectivity index is 1.18. The van der Waals surface area contributed by atoms with E-state index in [9.17, 15) is 14.7 Å². The van der Waals surface area contributed by atoms with E-state index in [0.717, 1.165) is 33.7 Å². The van der Waals surface area contributed by atoms with Crippen LogP contribution in [0.2, 0.25) is 0 Å². The number of nitrogens with one attached hydrogen (secondary N) is 2. The summed E-state index contributed by atoms with van der Waals surface area (Å²) in [6.07, 6.45) is 1.13. The third-order valence-electron chi connectivity index (χ3n) is 8.52. The van der Waals surface area contributed by atoms with Crippen LogP contribution in [0.5, 0.6) is 5.75 Å². The van der Waals surface area contributed by atoms with Gasteiger partial charge < -0.3 is 24.9 Å². The molecule has 2 heterocycles. The molecule has 1 aromatic heterocycles. The van der Waals surface area contributed by atoms with Gasteiger partial charge in [-0.05, 0) is 73.3 Å². The summed E-state index contributed by atoms with van der Waals surface area (Å²) >= 11 is 0. The van der Waals surface area contributed by atoms with E-state index in [1.54, 1.807) is 12.1 Å². The number of oxazole rings is 1. The molecule has 0 spiro atoms. The van der Waals surface area contributed by atoms with Gasteiger partial charge in [-0.25, -0.2) is 4.98 Å². The molecule has 8 nitrogen and oxygen atoms in total. The molecule has 3 N–H and O–H groups in total. The molecule has 0 radical (unpaired) electrons. The van der Waals surface area contributed by atoms with Crippen molar-refractivity contribution in [2.75, 3.05) is 13.2 Å². The molecule has 1 amide bonds. The van der Waals surface area contributed by atoms with Crippen LogP contribution in [0.15, 0.2) is 108 Å². The van der Waals surface area contributed by atoms with Crippen LogP contribution in [0.1, 0.15) is 58.2 Å². The van der Waals surface area contributed by atoms with Gasteiger partial charge in [-0.1, -0.05) is 78.9 Å². The normalized spacial score (nSPS) is 16.6. The van der Waals surface area contributed by atoms with Crippen LogP contribution in [-0.2, 0) is 11.2 Å². The van der Waals surface area contributed by atoms with Crippen LogP contribution in [-0.4, -0.2) is 41.2 Å². The van der Waals surface area contributed by atoms with Gasteiger partial charge in [0.25, 0.3) is 5.91 Å². The second-order valence-corrected chi connectivity index (χ2v) is 11.6. The number of hydrogen-bond donors (Lipinski definition) is 3. The summed E-state index contributed by atoms with van der Waals surface area (Å²) in [6, 6.07) is 32.4. The lowest BCUT2D eigenvalue weighted by Crippen LogP contribution is -2.35. The Hall–Kier alpha value is -5.21. The summed E-state index contributed by atoms with van der Waals surface area (Å²) in [6.45, 7) is 4.71. The predicted molar refractivity (Wildman–Crippen MR) is 177 cm³/mol. The summed E-state index contributed by atoms with van der Waals surface area (Å²) in [5, 5.41) is 16.0. The Kier molecular flexibility index (Phi) is 9.26. The molecule has 8 heteroatoms. The second kappa shape index (κ2) is 13.8. The number of hydrogen-bond acceptors (Lipinski definition) is 6. The van der Waals surface area contributed by atoms with E-state index in [1.165, 1.54) is 0 Å². The number of aryl methyl sites for hydroxylation is 1. The molecule has 5 aromatic rings. The number of carboxylic acids is 1. The van der Waals surface area contributed by atoms with E-state index in [2.05, 4.69) is 34.9 Å². The molecule has 2 unspecified atom stereocenters. The third-order valence-corrected chi connectivity index (χ3v) is 8.52. The highest BCUT2D eigenvalue weighted by atomic mass is 16.5. The van der Waals surface area contributed by atoms with Gasteiger partial charge in [-0.2, -0.15) is 0 Å². The number of benzene rings is 4. The molecular formula is C38H37N3O5. The minimum absolute atomic E-state index is 0.235. The molecular weight excluding hydrogens is 578 g/mol. The van der Waals surface area contributed by atoms with E-state index in [-0.39, 0.29) is 17.9 Å². The number of carbonyl (C=O) groups is 2. The minimum atomic E-state index is -0.930. The van der Waals surface area contributed by atoms with Crippen molar-refractivity contribution in [1.29, 1.82) is 0 Å². The molecule has 1 aliphatic heterocycles. The molecule has 234 valence electrons. The summed E-state index contributed by atoms with van der Waals surface area (Å²) in [5.74, 6) is 0.261. The molecule has 1 saturated heterocycles. The molecule has 3 atom stereocenters. The molecule has 6 rings (SSSR count). The van der Waals surface area contributed by atoms with E-state index < -0.39 is 12.0 Å². The maximum Gasteiger partial charge on any atom is 0.321 e. The van der Waals surface area contributed by atoms with Crippen molar-refractivity contribution in [3.8, 4) is 28.3 Å². The van der Waals surface area contributed by atoms with E-state index in [1.807, 2.05) is 80.6 Å². The quantitative estimate of drug-likeness (QED) is 0.147. The Morgan fingerprint density at radius 2 is 1.67 bits per heavy atom. The maximum absolute atomic E-state index is 13.7. The number of aliphatic carboxylic acids is 1. The molecule has 46 heavy (non-hydrogen) atoms. The molecule has 0 saturated carbocycles. The van der Waals surface area contributed by atoms with Gasteiger partial charge in [0.2, 0.25) is 5.89 Å². The number of ether oxygens (including phenoxy) is 1. The van der Waals surface area contributed by atoms with Gasteiger partial charge in [0.05, 0.1) is 18.3 Å². The predicted octanol–water partition coefficient (Wildman–Crippen LogP) is 6.96. The molecule has 0 aliphatic carbocycles.